The number of rotatable bonds is 6. The number of hydrogen-bond acceptors (Lipinski definition) is 5. The van der Waals surface area contributed by atoms with Gasteiger partial charge in [-0.1, -0.05) is 19.8 Å². The molecule has 5 heteroatoms. The Labute approximate surface area is 95.4 Å². The number of aliphatic hydroxyl groups excluding tert-OH is 2. The highest BCUT2D eigenvalue weighted by Crippen LogP contribution is 2.17. The van der Waals surface area contributed by atoms with Gasteiger partial charge in [0.2, 0.25) is 0 Å². The third-order valence-corrected chi connectivity index (χ3v) is 2.68. The molecule has 0 radical (unpaired) electrons. The Kier molecular flexibility index (Phi) is 5.73. The van der Waals surface area contributed by atoms with Crippen molar-refractivity contribution in [2.45, 2.75) is 50.9 Å². The fourth-order valence-electron chi connectivity index (χ4n) is 1.67. The molecule has 0 aromatic carbocycles. The van der Waals surface area contributed by atoms with Crippen molar-refractivity contribution in [1.29, 1.82) is 0 Å². The SMILES string of the molecule is CCCCCC(=O)O[C@@H]1CO[C@@H](CO)[C@H]1O. The molecular weight excluding hydrogens is 212 g/mol. The Morgan fingerprint density at radius 3 is 2.81 bits per heavy atom. The predicted molar refractivity (Wildman–Crippen MR) is 56.9 cm³/mol. The van der Waals surface area contributed by atoms with E-state index in [1.807, 2.05) is 0 Å². The maximum atomic E-state index is 11.4. The zero-order chi connectivity index (χ0) is 12.0. The van der Waals surface area contributed by atoms with Crippen LogP contribution in [0.3, 0.4) is 0 Å². The Bertz CT molecular complexity index is 218. The number of unbranched alkanes of at least 4 members (excludes halogenated alkanes) is 2. The lowest BCUT2D eigenvalue weighted by Gasteiger charge is -2.16. The molecule has 94 valence electrons. The summed E-state index contributed by atoms with van der Waals surface area (Å²) in [6.07, 6.45) is 1.05. The van der Waals surface area contributed by atoms with Crippen molar-refractivity contribution in [2.75, 3.05) is 13.2 Å². The van der Waals surface area contributed by atoms with Crippen molar-refractivity contribution in [3.8, 4) is 0 Å². The monoisotopic (exact) mass is 232 g/mol. The van der Waals surface area contributed by atoms with Crippen molar-refractivity contribution >= 4 is 5.97 Å². The molecule has 1 saturated heterocycles. The Hall–Kier alpha value is -0.650. The molecule has 1 aliphatic rings. The lowest BCUT2D eigenvalue weighted by Crippen LogP contribution is -2.35. The molecule has 0 aromatic heterocycles. The van der Waals surface area contributed by atoms with Crippen molar-refractivity contribution in [3.05, 3.63) is 0 Å². The van der Waals surface area contributed by atoms with E-state index in [1.165, 1.54) is 0 Å². The van der Waals surface area contributed by atoms with E-state index in [2.05, 4.69) is 6.92 Å². The summed E-state index contributed by atoms with van der Waals surface area (Å²) in [5.74, 6) is -0.306. The summed E-state index contributed by atoms with van der Waals surface area (Å²) in [4.78, 5) is 11.4. The molecule has 0 saturated carbocycles. The van der Waals surface area contributed by atoms with E-state index in [4.69, 9.17) is 14.6 Å². The predicted octanol–water partition coefficient (Wildman–Crippen LogP) is 0.230. The summed E-state index contributed by atoms with van der Waals surface area (Å²) in [6, 6.07) is 0. The summed E-state index contributed by atoms with van der Waals surface area (Å²) in [5, 5.41) is 18.4. The first-order valence-electron chi connectivity index (χ1n) is 5.79. The molecule has 0 spiro atoms. The molecule has 16 heavy (non-hydrogen) atoms. The Balaban J connectivity index is 2.24. The smallest absolute Gasteiger partial charge is 0.306 e. The van der Waals surface area contributed by atoms with E-state index in [9.17, 15) is 9.90 Å². The van der Waals surface area contributed by atoms with Crippen LogP contribution in [0.4, 0.5) is 0 Å². The van der Waals surface area contributed by atoms with Crippen LogP contribution in [0.5, 0.6) is 0 Å². The van der Waals surface area contributed by atoms with E-state index in [-0.39, 0.29) is 19.2 Å². The first-order chi connectivity index (χ1) is 7.69. The van der Waals surface area contributed by atoms with E-state index in [0.29, 0.717) is 6.42 Å². The van der Waals surface area contributed by atoms with Gasteiger partial charge in [0.25, 0.3) is 0 Å². The molecule has 1 rings (SSSR count). The van der Waals surface area contributed by atoms with E-state index >= 15 is 0 Å². The van der Waals surface area contributed by atoms with E-state index in [1.54, 1.807) is 0 Å². The lowest BCUT2D eigenvalue weighted by molar-refractivity contribution is -0.153. The molecule has 1 heterocycles. The Morgan fingerprint density at radius 2 is 2.25 bits per heavy atom. The number of carbonyl (C=O) groups is 1. The van der Waals surface area contributed by atoms with Crippen LogP contribution in [0.25, 0.3) is 0 Å². The standard InChI is InChI=1S/C11H20O5/c1-2-3-4-5-10(13)16-9-7-15-8(6-12)11(9)14/h8-9,11-12,14H,2-7H2,1H3/t8-,9+,11+/m0/s1. The fraction of sp³-hybridized carbons (Fsp3) is 0.909. The van der Waals surface area contributed by atoms with Gasteiger partial charge in [-0.25, -0.2) is 0 Å². The second kappa shape index (κ2) is 6.83. The first kappa shape index (κ1) is 13.4. The van der Waals surface area contributed by atoms with Gasteiger partial charge in [-0.05, 0) is 6.42 Å². The molecule has 0 amide bonds. The molecule has 1 fully saturated rings. The minimum atomic E-state index is -0.917. The topological polar surface area (TPSA) is 76.0 Å². The number of esters is 1. The largest absolute Gasteiger partial charge is 0.457 e. The molecular formula is C11H20O5. The Morgan fingerprint density at radius 1 is 1.50 bits per heavy atom. The van der Waals surface area contributed by atoms with Crippen LogP contribution in [0, 0.1) is 0 Å². The highest BCUT2D eigenvalue weighted by atomic mass is 16.6. The second-order valence-corrected chi connectivity index (χ2v) is 4.03. The molecule has 5 nitrogen and oxygen atoms in total. The molecule has 0 bridgehead atoms. The third-order valence-electron chi connectivity index (χ3n) is 2.68. The molecule has 2 N–H and O–H groups in total. The number of hydrogen-bond donors (Lipinski definition) is 2. The van der Waals surface area contributed by atoms with Gasteiger partial charge in [-0.2, -0.15) is 0 Å². The number of aliphatic hydroxyl groups is 2. The van der Waals surface area contributed by atoms with Gasteiger partial charge in [-0.15, -0.1) is 0 Å². The normalized spacial score (nSPS) is 29.3. The van der Waals surface area contributed by atoms with Crippen LogP contribution in [0.1, 0.15) is 32.6 Å². The highest BCUT2D eigenvalue weighted by Gasteiger charge is 2.37. The molecule has 1 aliphatic heterocycles. The molecule has 3 atom stereocenters. The molecule has 0 unspecified atom stereocenters. The van der Waals surface area contributed by atoms with E-state index in [0.717, 1.165) is 19.3 Å². The van der Waals surface area contributed by atoms with Crippen molar-refractivity contribution in [3.63, 3.8) is 0 Å². The molecule has 0 aliphatic carbocycles. The summed E-state index contributed by atoms with van der Waals surface area (Å²) in [7, 11) is 0. The lowest BCUT2D eigenvalue weighted by atomic mass is 10.1. The van der Waals surface area contributed by atoms with Crippen LogP contribution in [0.2, 0.25) is 0 Å². The van der Waals surface area contributed by atoms with E-state index < -0.39 is 18.3 Å². The van der Waals surface area contributed by atoms with Gasteiger partial charge in [0.15, 0.2) is 6.10 Å². The van der Waals surface area contributed by atoms with Crippen molar-refractivity contribution < 1.29 is 24.5 Å². The maximum absolute atomic E-state index is 11.4. The first-order valence-corrected chi connectivity index (χ1v) is 5.79. The number of carbonyl (C=O) groups excluding carboxylic acids is 1. The summed E-state index contributed by atoms with van der Waals surface area (Å²) >= 11 is 0. The summed E-state index contributed by atoms with van der Waals surface area (Å²) < 4.78 is 10.2. The van der Waals surface area contributed by atoms with Gasteiger partial charge < -0.3 is 19.7 Å². The van der Waals surface area contributed by atoms with Gasteiger partial charge >= 0.3 is 5.97 Å². The van der Waals surface area contributed by atoms with Crippen LogP contribution in [-0.2, 0) is 14.3 Å². The van der Waals surface area contributed by atoms with Gasteiger partial charge in [0, 0.05) is 6.42 Å². The van der Waals surface area contributed by atoms with Gasteiger partial charge in [0.1, 0.15) is 12.2 Å². The molecule has 0 aromatic rings. The highest BCUT2D eigenvalue weighted by molar-refractivity contribution is 5.69. The maximum Gasteiger partial charge on any atom is 0.306 e. The summed E-state index contributed by atoms with van der Waals surface area (Å²) in [5.41, 5.74) is 0. The van der Waals surface area contributed by atoms with Crippen molar-refractivity contribution in [2.24, 2.45) is 0 Å². The quantitative estimate of drug-likeness (QED) is 0.506. The van der Waals surface area contributed by atoms with Gasteiger partial charge in [-0.3, -0.25) is 4.79 Å². The third kappa shape index (κ3) is 3.73. The van der Waals surface area contributed by atoms with Crippen LogP contribution in [0.15, 0.2) is 0 Å². The van der Waals surface area contributed by atoms with Crippen LogP contribution < -0.4 is 0 Å². The van der Waals surface area contributed by atoms with Crippen LogP contribution >= 0.6 is 0 Å². The minimum absolute atomic E-state index is 0.159. The van der Waals surface area contributed by atoms with Gasteiger partial charge in [0.05, 0.1) is 13.2 Å². The van der Waals surface area contributed by atoms with Crippen molar-refractivity contribution in [1.82, 2.24) is 0 Å². The zero-order valence-corrected chi connectivity index (χ0v) is 9.59. The summed E-state index contributed by atoms with van der Waals surface area (Å²) in [6.45, 7) is 1.96. The second-order valence-electron chi connectivity index (χ2n) is 4.03. The zero-order valence-electron chi connectivity index (χ0n) is 9.59. The minimum Gasteiger partial charge on any atom is -0.457 e. The number of ether oxygens (including phenoxy) is 2. The average molecular weight is 232 g/mol. The average Bonchev–Trinajstić information content (AvgIpc) is 2.60. The fourth-order valence-corrected chi connectivity index (χ4v) is 1.67. The van der Waals surface area contributed by atoms with Crippen LogP contribution in [-0.4, -0.2) is 47.7 Å².